The van der Waals surface area contributed by atoms with Crippen molar-refractivity contribution in [2.75, 3.05) is 6.54 Å². The number of rotatable bonds is 1. The number of hydrogen-bond acceptors (Lipinski definition) is 2. The molecule has 0 radical (unpaired) electrons. The Morgan fingerprint density at radius 1 is 1.35 bits per heavy atom. The Bertz CT molecular complexity index is 368. The number of amides is 1. The van der Waals surface area contributed by atoms with Gasteiger partial charge < -0.3 is 10.0 Å². The lowest BCUT2D eigenvalue weighted by Gasteiger charge is -2.35. The molecule has 0 unspecified atom stereocenters. The molecule has 2 aliphatic rings. The molecule has 2 atom stereocenters. The average Bonchev–Trinajstić information content (AvgIpc) is 2.49. The first-order chi connectivity index (χ1) is 7.77. The number of carbonyl (C=O) groups is 2. The molecule has 2 fully saturated rings. The molecule has 2 rings (SSSR count). The van der Waals surface area contributed by atoms with Crippen molar-refractivity contribution in [3.8, 4) is 0 Å². The first-order valence-corrected chi connectivity index (χ1v) is 5.39. The predicted octanol–water partition coefficient (Wildman–Crippen LogP) is 1.40. The van der Waals surface area contributed by atoms with Crippen LogP contribution in [-0.4, -0.2) is 40.1 Å². The van der Waals surface area contributed by atoms with Crippen LogP contribution in [0.25, 0.3) is 0 Å². The smallest absolute Gasteiger partial charge is 0.471 e. The molecule has 0 aromatic heterocycles. The number of fused-ring (bicyclic) bond motifs is 2. The van der Waals surface area contributed by atoms with Gasteiger partial charge in [-0.25, -0.2) is 4.79 Å². The van der Waals surface area contributed by atoms with Crippen LogP contribution in [0.15, 0.2) is 0 Å². The zero-order valence-electron chi connectivity index (χ0n) is 8.96. The van der Waals surface area contributed by atoms with Crippen molar-refractivity contribution in [3.63, 3.8) is 0 Å². The minimum Gasteiger partial charge on any atom is -0.479 e. The fraction of sp³-hybridized carbons (Fsp3) is 0.800. The van der Waals surface area contributed by atoms with Crippen molar-refractivity contribution in [1.82, 2.24) is 4.90 Å². The molecular weight excluding hydrogens is 239 g/mol. The number of carboxylic acids is 1. The third-order valence-corrected chi connectivity index (χ3v) is 3.67. The molecular formula is C10H12F3NO3. The number of carbonyl (C=O) groups excluding carboxylic acids is 1. The summed E-state index contributed by atoms with van der Waals surface area (Å²) in [5.74, 6) is -3.47. The van der Waals surface area contributed by atoms with E-state index in [1.54, 1.807) is 0 Å². The van der Waals surface area contributed by atoms with Gasteiger partial charge in [0.05, 0.1) is 0 Å². The van der Waals surface area contributed by atoms with Crippen molar-refractivity contribution in [2.24, 2.45) is 5.92 Å². The lowest BCUT2D eigenvalue weighted by Crippen LogP contribution is -2.56. The monoisotopic (exact) mass is 251 g/mol. The van der Waals surface area contributed by atoms with Gasteiger partial charge in [-0.2, -0.15) is 13.2 Å². The molecule has 1 aliphatic heterocycles. The largest absolute Gasteiger partial charge is 0.479 e. The molecule has 0 aromatic carbocycles. The number of halogens is 3. The molecule has 7 heteroatoms. The highest BCUT2D eigenvalue weighted by atomic mass is 19.4. The number of aliphatic carboxylic acids is 1. The second-order valence-corrected chi connectivity index (χ2v) is 4.71. The number of hydrogen-bond donors (Lipinski definition) is 1. The molecule has 0 aromatic rings. The van der Waals surface area contributed by atoms with Gasteiger partial charge in [0.1, 0.15) is 5.54 Å². The molecule has 0 spiro atoms. The molecule has 1 heterocycles. The van der Waals surface area contributed by atoms with E-state index in [0.717, 1.165) is 0 Å². The summed E-state index contributed by atoms with van der Waals surface area (Å²) in [6.45, 7) is -0.0926. The van der Waals surface area contributed by atoms with Gasteiger partial charge in [-0.15, -0.1) is 0 Å². The minimum absolute atomic E-state index is 0.0926. The van der Waals surface area contributed by atoms with Crippen LogP contribution >= 0.6 is 0 Å². The molecule has 4 nitrogen and oxygen atoms in total. The van der Waals surface area contributed by atoms with E-state index in [9.17, 15) is 22.8 Å². The SMILES string of the molecule is O=C(N1C[C@H]2CCC[C@]1(C(=O)O)C2)C(F)(F)F. The van der Waals surface area contributed by atoms with E-state index in [0.29, 0.717) is 17.7 Å². The average molecular weight is 251 g/mol. The van der Waals surface area contributed by atoms with Crippen molar-refractivity contribution >= 4 is 11.9 Å². The van der Waals surface area contributed by atoms with Crippen LogP contribution in [0.4, 0.5) is 13.2 Å². The standard InChI is InChI=1S/C10H12F3NO3/c11-10(12,13)7(15)14-5-6-2-1-3-9(14,4-6)8(16)17/h6H,1-5H2,(H,16,17)/t6-,9+/m0/s1. The summed E-state index contributed by atoms with van der Waals surface area (Å²) >= 11 is 0. The Kier molecular flexibility index (Phi) is 2.59. The first-order valence-electron chi connectivity index (χ1n) is 5.39. The Labute approximate surface area is 95.4 Å². The lowest BCUT2D eigenvalue weighted by atomic mass is 9.80. The highest BCUT2D eigenvalue weighted by Gasteiger charge is 2.59. The number of likely N-dealkylation sites (tertiary alicyclic amines) is 1. The first kappa shape index (κ1) is 12.2. The van der Waals surface area contributed by atoms with E-state index in [-0.39, 0.29) is 25.3 Å². The zero-order valence-corrected chi connectivity index (χ0v) is 8.96. The van der Waals surface area contributed by atoms with E-state index < -0.39 is 23.6 Å². The Morgan fingerprint density at radius 3 is 2.53 bits per heavy atom. The van der Waals surface area contributed by atoms with Crippen LogP contribution in [0.3, 0.4) is 0 Å². The minimum atomic E-state index is -5.00. The van der Waals surface area contributed by atoms with Gasteiger partial charge in [0, 0.05) is 6.54 Å². The van der Waals surface area contributed by atoms with Crippen molar-refractivity contribution < 1.29 is 27.9 Å². The summed E-state index contributed by atoms with van der Waals surface area (Å²) in [7, 11) is 0. The third-order valence-electron chi connectivity index (χ3n) is 3.67. The van der Waals surface area contributed by atoms with Crippen LogP contribution in [0.2, 0.25) is 0 Å². The Hall–Kier alpha value is -1.27. The highest BCUT2D eigenvalue weighted by molar-refractivity contribution is 5.90. The Morgan fingerprint density at radius 2 is 2.00 bits per heavy atom. The molecule has 2 bridgehead atoms. The second-order valence-electron chi connectivity index (χ2n) is 4.71. The fourth-order valence-corrected chi connectivity index (χ4v) is 2.94. The van der Waals surface area contributed by atoms with Gasteiger partial charge >= 0.3 is 18.1 Å². The highest BCUT2D eigenvalue weighted by Crippen LogP contribution is 2.45. The van der Waals surface area contributed by atoms with Crippen LogP contribution in [0, 0.1) is 5.92 Å². The van der Waals surface area contributed by atoms with Gasteiger partial charge in [0.25, 0.3) is 0 Å². The molecule has 17 heavy (non-hydrogen) atoms. The summed E-state index contributed by atoms with van der Waals surface area (Å²) < 4.78 is 37.2. The topological polar surface area (TPSA) is 57.6 Å². The van der Waals surface area contributed by atoms with Crippen LogP contribution < -0.4 is 0 Å². The number of nitrogens with zero attached hydrogens (tertiary/aromatic N) is 1. The summed E-state index contributed by atoms with van der Waals surface area (Å²) in [4.78, 5) is 23.0. The number of alkyl halides is 3. The van der Waals surface area contributed by atoms with E-state index in [2.05, 4.69) is 0 Å². The van der Waals surface area contributed by atoms with Gasteiger partial charge in [0.15, 0.2) is 0 Å². The van der Waals surface area contributed by atoms with Crippen LogP contribution in [0.5, 0.6) is 0 Å². The van der Waals surface area contributed by atoms with E-state index in [4.69, 9.17) is 5.11 Å². The maximum absolute atomic E-state index is 12.4. The molecule has 1 saturated heterocycles. The molecule has 1 amide bonds. The van der Waals surface area contributed by atoms with Gasteiger partial charge in [0.2, 0.25) is 0 Å². The summed E-state index contributed by atoms with van der Waals surface area (Å²) in [5, 5.41) is 9.14. The Balaban J connectivity index is 2.34. The maximum atomic E-state index is 12.4. The van der Waals surface area contributed by atoms with Crippen molar-refractivity contribution in [2.45, 2.75) is 37.4 Å². The zero-order chi connectivity index (χ0) is 12.8. The second kappa shape index (κ2) is 3.61. The van der Waals surface area contributed by atoms with E-state index >= 15 is 0 Å². The third kappa shape index (κ3) is 1.77. The van der Waals surface area contributed by atoms with Gasteiger partial charge in [-0.3, -0.25) is 4.79 Å². The fourth-order valence-electron chi connectivity index (χ4n) is 2.94. The van der Waals surface area contributed by atoms with Crippen LogP contribution in [0.1, 0.15) is 25.7 Å². The summed E-state index contributed by atoms with van der Waals surface area (Å²) in [5.41, 5.74) is -1.63. The van der Waals surface area contributed by atoms with E-state index in [1.165, 1.54) is 0 Å². The van der Waals surface area contributed by atoms with Crippen molar-refractivity contribution in [3.05, 3.63) is 0 Å². The summed E-state index contributed by atoms with van der Waals surface area (Å²) in [6.07, 6.45) is -3.50. The quantitative estimate of drug-likeness (QED) is 0.766. The molecule has 96 valence electrons. The number of carboxylic acid groups (broad SMARTS) is 1. The lowest BCUT2D eigenvalue weighted by molar-refractivity contribution is -0.192. The maximum Gasteiger partial charge on any atom is 0.471 e. The predicted molar refractivity (Wildman–Crippen MR) is 50.1 cm³/mol. The molecule has 1 N–H and O–H groups in total. The van der Waals surface area contributed by atoms with Crippen molar-refractivity contribution in [1.29, 1.82) is 0 Å². The van der Waals surface area contributed by atoms with Gasteiger partial charge in [-0.05, 0) is 25.2 Å². The van der Waals surface area contributed by atoms with E-state index in [1.807, 2.05) is 0 Å². The van der Waals surface area contributed by atoms with Crippen LogP contribution in [-0.2, 0) is 9.59 Å². The summed E-state index contributed by atoms with van der Waals surface area (Å²) in [6, 6.07) is 0. The molecule has 1 saturated carbocycles. The molecule has 1 aliphatic carbocycles. The van der Waals surface area contributed by atoms with Gasteiger partial charge in [-0.1, -0.05) is 6.42 Å². The normalized spacial score (nSPS) is 32.6.